The molecule has 1 saturated heterocycles. The van der Waals surface area contributed by atoms with Gasteiger partial charge >= 0.3 is 0 Å². The van der Waals surface area contributed by atoms with Crippen molar-refractivity contribution < 1.29 is 14.3 Å². The third-order valence-electron chi connectivity index (χ3n) is 5.21. The van der Waals surface area contributed by atoms with Crippen molar-refractivity contribution in [3.05, 3.63) is 35.7 Å². The molecule has 0 bridgehead atoms. The third-order valence-corrected chi connectivity index (χ3v) is 5.21. The van der Waals surface area contributed by atoms with E-state index in [0.717, 1.165) is 49.4 Å². The number of aryl methyl sites for hydroxylation is 1. The quantitative estimate of drug-likeness (QED) is 0.851. The predicted molar refractivity (Wildman–Crippen MR) is 107 cm³/mol. The summed E-state index contributed by atoms with van der Waals surface area (Å²) in [6.45, 7) is 6.48. The van der Waals surface area contributed by atoms with Gasteiger partial charge in [-0.2, -0.15) is 0 Å². The second-order valence-electron chi connectivity index (χ2n) is 7.53. The van der Waals surface area contributed by atoms with Crippen LogP contribution in [0.15, 0.2) is 24.5 Å². The summed E-state index contributed by atoms with van der Waals surface area (Å²) >= 11 is 0. The average Bonchev–Trinajstić information content (AvgIpc) is 3.16. The molecule has 7 heteroatoms. The van der Waals surface area contributed by atoms with Crippen molar-refractivity contribution in [2.75, 3.05) is 30.1 Å². The summed E-state index contributed by atoms with van der Waals surface area (Å²) in [4.78, 5) is 23.8. The second kappa shape index (κ2) is 8.04. The largest absolute Gasteiger partial charge is 0.454 e. The van der Waals surface area contributed by atoms with Gasteiger partial charge in [-0.3, -0.25) is 4.79 Å². The summed E-state index contributed by atoms with van der Waals surface area (Å²) in [6.07, 6.45) is 7.40. The average molecular weight is 382 g/mol. The normalized spacial score (nSPS) is 18.2. The SMILES string of the molecule is CCCc1cc2c(cc1NC(=O)c1cnc(N3CCC[C@H](C)C3)nc1)OCO2. The number of benzene rings is 1. The van der Waals surface area contributed by atoms with Crippen molar-refractivity contribution in [3.63, 3.8) is 0 Å². The van der Waals surface area contributed by atoms with Gasteiger partial charge in [0.1, 0.15) is 0 Å². The molecule has 1 aromatic heterocycles. The summed E-state index contributed by atoms with van der Waals surface area (Å²) < 4.78 is 10.9. The van der Waals surface area contributed by atoms with Crippen molar-refractivity contribution in [2.45, 2.75) is 39.5 Å². The first kappa shape index (κ1) is 18.5. The first-order valence-electron chi connectivity index (χ1n) is 9.95. The third kappa shape index (κ3) is 3.88. The molecule has 0 spiro atoms. The van der Waals surface area contributed by atoms with E-state index in [1.807, 2.05) is 12.1 Å². The van der Waals surface area contributed by atoms with Crippen LogP contribution in [-0.2, 0) is 6.42 Å². The molecule has 0 unspecified atom stereocenters. The van der Waals surface area contributed by atoms with Crippen LogP contribution in [0, 0.1) is 5.92 Å². The fourth-order valence-corrected chi connectivity index (χ4v) is 3.74. The zero-order valence-corrected chi connectivity index (χ0v) is 16.4. The monoisotopic (exact) mass is 382 g/mol. The molecule has 0 radical (unpaired) electrons. The van der Waals surface area contributed by atoms with Crippen LogP contribution in [0.5, 0.6) is 11.5 Å². The van der Waals surface area contributed by atoms with Crippen molar-refractivity contribution in [3.8, 4) is 11.5 Å². The van der Waals surface area contributed by atoms with Crippen molar-refractivity contribution in [2.24, 2.45) is 5.92 Å². The van der Waals surface area contributed by atoms with Crippen LogP contribution in [0.4, 0.5) is 11.6 Å². The maximum Gasteiger partial charge on any atom is 0.258 e. The predicted octanol–water partition coefficient (Wildman–Crippen LogP) is 3.65. The summed E-state index contributed by atoms with van der Waals surface area (Å²) in [6, 6.07) is 3.77. The number of hydrogen-bond acceptors (Lipinski definition) is 6. The van der Waals surface area contributed by atoms with Crippen molar-refractivity contribution in [1.29, 1.82) is 0 Å². The van der Waals surface area contributed by atoms with Gasteiger partial charge in [-0.25, -0.2) is 9.97 Å². The molecule has 1 atom stereocenters. The number of carbonyl (C=O) groups excluding carboxylic acids is 1. The minimum Gasteiger partial charge on any atom is -0.454 e. The van der Waals surface area contributed by atoms with Crippen molar-refractivity contribution in [1.82, 2.24) is 9.97 Å². The molecule has 2 aliphatic heterocycles. The van der Waals surface area contributed by atoms with Crippen LogP contribution in [0.1, 0.15) is 49.0 Å². The molecule has 1 amide bonds. The van der Waals surface area contributed by atoms with E-state index >= 15 is 0 Å². The molecular formula is C21H26N4O3. The molecule has 1 fully saturated rings. The molecule has 148 valence electrons. The number of aromatic nitrogens is 2. The van der Waals surface area contributed by atoms with Gasteiger partial charge in [0.25, 0.3) is 5.91 Å². The molecule has 28 heavy (non-hydrogen) atoms. The number of ether oxygens (including phenoxy) is 2. The van der Waals surface area contributed by atoms with Crippen LogP contribution < -0.4 is 19.7 Å². The maximum absolute atomic E-state index is 12.7. The Labute approximate surface area is 165 Å². The summed E-state index contributed by atoms with van der Waals surface area (Å²) in [5.74, 6) is 2.49. The van der Waals surface area contributed by atoms with E-state index in [1.54, 1.807) is 12.4 Å². The van der Waals surface area contributed by atoms with Gasteiger partial charge in [-0.1, -0.05) is 20.3 Å². The highest BCUT2D eigenvalue weighted by Gasteiger charge is 2.21. The molecule has 2 aliphatic rings. The summed E-state index contributed by atoms with van der Waals surface area (Å²) in [7, 11) is 0. The minimum atomic E-state index is -0.227. The van der Waals surface area contributed by atoms with E-state index in [2.05, 4.69) is 34.0 Å². The van der Waals surface area contributed by atoms with E-state index in [0.29, 0.717) is 23.2 Å². The Morgan fingerprint density at radius 2 is 2.00 bits per heavy atom. The lowest BCUT2D eigenvalue weighted by atomic mass is 10.0. The fourth-order valence-electron chi connectivity index (χ4n) is 3.74. The minimum absolute atomic E-state index is 0.211. The van der Waals surface area contributed by atoms with E-state index in [1.165, 1.54) is 6.42 Å². The number of nitrogens with zero attached hydrogens (tertiary/aromatic N) is 3. The molecule has 4 rings (SSSR count). The smallest absolute Gasteiger partial charge is 0.258 e. The van der Waals surface area contributed by atoms with Crippen LogP contribution in [0.25, 0.3) is 0 Å². The number of hydrogen-bond donors (Lipinski definition) is 1. The van der Waals surface area contributed by atoms with Gasteiger partial charge in [0.05, 0.1) is 5.56 Å². The highest BCUT2D eigenvalue weighted by atomic mass is 16.7. The molecule has 1 aromatic carbocycles. The highest BCUT2D eigenvalue weighted by molar-refractivity contribution is 6.04. The number of nitrogens with one attached hydrogen (secondary N) is 1. The highest BCUT2D eigenvalue weighted by Crippen LogP contribution is 2.37. The van der Waals surface area contributed by atoms with Crippen LogP contribution >= 0.6 is 0 Å². The van der Waals surface area contributed by atoms with Gasteiger partial charge in [0.2, 0.25) is 12.7 Å². The Morgan fingerprint density at radius 1 is 1.25 bits per heavy atom. The lowest BCUT2D eigenvalue weighted by Gasteiger charge is -2.30. The topological polar surface area (TPSA) is 76.6 Å². The van der Waals surface area contributed by atoms with Gasteiger partial charge in [-0.15, -0.1) is 0 Å². The Morgan fingerprint density at radius 3 is 2.71 bits per heavy atom. The van der Waals surface area contributed by atoms with Crippen LogP contribution in [-0.4, -0.2) is 35.8 Å². The van der Waals surface area contributed by atoms with Gasteiger partial charge in [0, 0.05) is 37.2 Å². The Hall–Kier alpha value is -2.83. The number of carbonyl (C=O) groups is 1. The number of anilines is 2. The molecule has 7 nitrogen and oxygen atoms in total. The summed E-state index contributed by atoms with van der Waals surface area (Å²) in [5, 5.41) is 2.98. The molecule has 3 heterocycles. The van der Waals surface area contributed by atoms with Crippen LogP contribution in [0.2, 0.25) is 0 Å². The Kier molecular flexibility index (Phi) is 5.32. The fraction of sp³-hybridized carbons (Fsp3) is 0.476. The Bertz CT molecular complexity index is 853. The van der Waals surface area contributed by atoms with E-state index < -0.39 is 0 Å². The van der Waals surface area contributed by atoms with Gasteiger partial charge < -0.3 is 19.7 Å². The van der Waals surface area contributed by atoms with E-state index in [9.17, 15) is 4.79 Å². The second-order valence-corrected chi connectivity index (χ2v) is 7.53. The maximum atomic E-state index is 12.7. The Balaban J connectivity index is 1.49. The molecular weight excluding hydrogens is 356 g/mol. The molecule has 2 aromatic rings. The number of amides is 1. The first-order valence-corrected chi connectivity index (χ1v) is 9.95. The zero-order chi connectivity index (χ0) is 19.5. The van der Waals surface area contributed by atoms with Gasteiger partial charge in [0.15, 0.2) is 11.5 Å². The lowest BCUT2D eigenvalue weighted by Crippen LogP contribution is -2.35. The molecule has 0 aliphatic carbocycles. The van der Waals surface area contributed by atoms with Crippen molar-refractivity contribution >= 4 is 17.5 Å². The van der Waals surface area contributed by atoms with Gasteiger partial charge in [-0.05, 0) is 36.8 Å². The summed E-state index contributed by atoms with van der Waals surface area (Å²) in [5.41, 5.74) is 2.21. The molecule has 1 N–H and O–H groups in total. The van der Waals surface area contributed by atoms with E-state index in [-0.39, 0.29) is 12.7 Å². The first-order chi connectivity index (χ1) is 13.6. The van der Waals surface area contributed by atoms with Crippen LogP contribution in [0.3, 0.4) is 0 Å². The lowest BCUT2D eigenvalue weighted by molar-refractivity contribution is 0.102. The number of piperidine rings is 1. The zero-order valence-electron chi connectivity index (χ0n) is 16.4. The standard InChI is InChI=1S/C21H26N4O3/c1-3-5-15-8-18-19(28-13-27-18)9-17(15)24-20(26)16-10-22-21(23-11-16)25-7-4-6-14(2)12-25/h8-11,14H,3-7,12-13H2,1-2H3,(H,24,26)/t14-/m0/s1. The number of fused-ring (bicyclic) bond motifs is 1. The number of rotatable bonds is 5. The van der Waals surface area contributed by atoms with E-state index in [4.69, 9.17) is 9.47 Å². The molecule has 0 saturated carbocycles.